The minimum Gasteiger partial charge on any atom is -0.398 e. The summed E-state index contributed by atoms with van der Waals surface area (Å²) in [5, 5.41) is 4.53. The van der Waals surface area contributed by atoms with Crippen molar-refractivity contribution in [2.45, 2.75) is 13.3 Å². The van der Waals surface area contributed by atoms with Gasteiger partial charge in [-0.15, -0.1) is 0 Å². The predicted molar refractivity (Wildman–Crippen MR) is 79.7 cm³/mol. The third kappa shape index (κ3) is 2.88. The molecule has 3 N–H and O–H groups in total. The van der Waals surface area contributed by atoms with Crippen LogP contribution < -0.4 is 11.1 Å². The standard InChI is InChI=1S/C15H19N3O2/c1-10-4-5-12(16)11-6-8-17-14(13(10)11)15(19)18-7-3-9-20-2/h4-6,8H,3,7,9,16H2,1-2H3,(H,18,19). The minimum absolute atomic E-state index is 0.180. The molecule has 0 atom stereocenters. The van der Waals surface area contributed by atoms with Gasteiger partial charge in [0.25, 0.3) is 5.91 Å². The lowest BCUT2D eigenvalue weighted by Gasteiger charge is -2.10. The number of carbonyl (C=O) groups excluding carboxylic acids is 1. The van der Waals surface area contributed by atoms with Gasteiger partial charge < -0.3 is 15.8 Å². The maximum absolute atomic E-state index is 12.2. The van der Waals surface area contributed by atoms with Gasteiger partial charge in [0.15, 0.2) is 0 Å². The molecule has 1 amide bonds. The van der Waals surface area contributed by atoms with Crippen LogP contribution in [0.1, 0.15) is 22.5 Å². The van der Waals surface area contributed by atoms with E-state index in [9.17, 15) is 4.79 Å². The van der Waals surface area contributed by atoms with Crippen molar-refractivity contribution in [2.24, 2.45) is 0 Å². The first-order valence-electron chi connectivity index (χ1n) is 6.56. The molecule has 2 aromatic rings. The van der Waals surface area contributed by atoms with Crippen molar-refractivity contribution in [3.05, 3.63) is 35.7 Å². The number of nitrogen functional groups attached to an aromatic ring is 1. The number of pyridine rings is 1. The summed E-state index contributed by atoms with van der Waals surface area (Å²) in [6, 6.07) is 5.58. The fraction of sp³-hybridized carbons (Fsp3) is 0.333. The second kappa shape index (κ2) is 6.34. The molecule has 0 aliphatic carbocycles. The number of nitrogens with one attached hydrogen (secondary N) is 1. The first-order chi connectivity index (χ1) is 9.65. The molecule has 106 valence electrons. The highest BCUT2D eigenvalue weighted by molar-refractivity contribution is 6.09. The van der Waals surface area contributed by atoms with E-state index in [0.717, 1.165) is 22.8 Å². The molecule has 2 rings (SSSR count). The Balaban J connectivity index is 2.30. The summed E-state index contributed by atoms with van der Waals surface area (Å²) < 4.78 is 4.95. The van der Waals surface area contributed by atoms with E-state index in [2.05, 4.69) is 10.3 Å². The van der Waals surface area contributed by atoms with Gasteiger partial charge in [0.2, 0.25) is 0 Å². The summed E-state index contributed by atoms with van der Waals surface area (Å²) in [6.07, 6.45) is 2.39. The highest BCUT2D eigenvalue weighted by Crippen LogP contribution is 2.26. The lowest BCUT2D eigenvalue weighted by Crippen LogP contribution is -2.26. The van der Waals surface area contributed by atoms with E-state index in [1.54, 1.807) is 13.3 Å². The second-order valence-electron chi connectivity index (χ2n) is 4.66. The molecule has 0 radical (unpaired) electrons. The molecule has 1 aromatic heterocycles. The normalized spacial score (nSPS) is 10.7. The average Bonchev–Trinajstić information content (AvgIpc) is 2.47. The zero-order chi connectivity index (χ0) is 14.5. The number of anilines is 1. The van der Waals surface area contributed by atoms with E-state index in [1.165, 1.54) is 0 Å². The monoisotopic (exact) mass is 273 g/mol. The largest absolute Gasteiger partial charge is 0.398 e. The minimum atomic E-state index is -0.180. The van der Waals surface area contributed by atoms with Crippen LogP contribution >= 0.6 is 0 Å². The maximum atomic E-state index is 12.2. The van der Waals surface area contributed by atoms with Crippen LogP contribution in [0.4, 0.5) is 5.69 Å². The topological polar surface area (TPSA) is 77.2 Å². The number of ether oxygens (including phenoxy) is 1. The highest BCUT2D eigenvalue weighted by atomic mass is 16.5. The molecule has 0 aliphatic heterocycles. The third-order valence-electron chi connectivity index (χ3n) is 3.20. The predicted octanol–water partition coefficient (Wildman–Crippen LogP) is 1.89. The molecule has 1 heterocycles. The van der Waals surface area contributed by atoms with Gasteiger partial charge in [-0.2, -0.15) is 0 Å². The SMILES string of the molecule is COCCCNC(=O)c1nccc2c(N)ccc(C)c12. The van der Waals surface area contributed by atoms with Crippen molar-refractivity contribution in [1.82, 2.24) is 10.3 Å². The van der Waals surface area contributed by atoms with E-state index in [-0.39, 0.29) is 5.91 Å². The van der Waals surface area contributed by atoms with Crippen LogP contribution in [-0.2, 0) is 4.74 Å². The van der Waals surface area contributed by atoms with Crippen LogP contribution in [-0.4, -0.2) is 31.2 Å². The molecular weight excluding hydrogens is 254 g/mol. The Morgan fingerprint density at radius 3 is 2.95 bits per heavy atom. The average molecular weight is 273 g/mol. The number of methoxy groups -OCH3 is 1. The van der Waals surface area contributed by atoms with Crippen LogP contribution in [0.15, 0.2) is 24.4 Å². The summed E-state index contributed by atoms with van der Waals surface area (Å²) >= 11 is 0. The number of nitrogens with two attached hydrogens (primary N) is 1. The smallest absolute Gasteiger partial charge is 0.270 e. The fourth-order valence-corrected chi connectivity index (χ4v) is 2.16. The summed E-state index contributed by atoms with van der Waals surface area (Å²) in [6.45, 7) is 3.13. The van der Waals surface area contributed by atoms with E-state index < -0.39 is 0 Å². The van der Waals surface area contributed by atoms with Crippen LogP contribution in [0, 0.1) is 6.92 Å². The third-order valence-corrected chi connectivity index (χ3v) is 3.20. The van der Waals surface area contributed by atoms with Gasteiger partial charge in [0, 0.05) is 42.9 Å². The van der Waals surface area contributed by atoms with Crippen LogP contribution in [0.2, 0.25) is 0 Å². The number of benzene rings is 1. The van der Waals surface area contributed by atoms with E-state index in [1.807, 2.05) is 25.1 Å². The Morgan fingerprint density at radius 2 is 2.20 bits per heavy atom. The van der Waals surface area contributed by atoms with Crippen LogP contribution in [0.25, 0.3) is 10.8 Å². The molecule has 0 saturated heterocycles. The van der Waals surface area contributed by atoms with Crippen molar-refractivity contribution >= 4 is 22.4 Å². The van der Waals surface area contributed by atoms with Crippen LogP contribution in [0.5, 0.6) is 0 Å². The van der Waals surface area contributed by atoms with Crippen molar-refractivity contribution in [3.8, 4) is 0 Å². The molecule has 5 nitrogen and oxygen atoms in total. The van der Waals surface area contributed by atoms with Gasteiger partial charge in [-0.25, -0.2) is 0 Å². The van der Waals surface area contributed by atoms with Crippen molar-refractivity contribution in [3.63, 3.8) is 0 Å². The Kier molecular flexibility index (Phi) is 4.53. The van der Waals surface area contributed by atoms with Gasteiger partial charge in [-0.1, -0.05) is 6.07 Å². The molecule has 0 aliphatic rings. The number of rotatable bonds is 5. The van der Waals surface area contributed by atoms with Crippen molar-refractivity contribution < 1.29 is 9.53 Å². The zero-order valence-corrected chi connectivity index (χ0v) is 11.8. The first-order valence-corrected chi connectivity index (χ1v) is 6.56. The number of aryl methyl sites for hydroxylation is 1. The molecule has 20 heavy (non-hydrogen) atoms. The molecule has 1 aromatic carbocycles. The summed E-state index contributed by atoms with van der Waals surface area (Å²) in [5.74, 6) is -0.180. The van der Waals surface area contributed by atoms with Gasteiger partial charge in [0.1, 0.15) is 5.69 Å². The maximum Gasteiger partial charge on any atom is 0.270 e. The van der Waals surface area contributed by atoms with Crippen molar-refractivity contribution in [1.29, 1.82) is 0 Å². The zero-order valence-electron chi connectivity index (χ0n) is 11.8. The molecule has 0 fully saturated rings. The lowest BCUT2D eigenvalue weighted by atomic mass is 10.0. The number of fused-ring (bicyclic) bond motifs is 1. The van der Waals surface area contributed by atoms with Gasteiger partial charge in [-0.05, 0) is 31.0 Å². The molecular formula is C15H19N3O2. The number of amides is 1. The number of nitrogens with zero attached hydrogens (tertiary/aromatic N) is 1. The van der Waals surface area contributed by atoms with E-state index in [0.29, 0.717) is 24.5 Å². The Bertz CT molecular complexity index is 626. The Labute approximate surface area is 118 Å². The van der Waals surface area contributed by atoms with E-state index >= 15 is 0 Å². The number of hydrogen-bond donors (Lipinski definition) is 2. The molecule has 0 bridgehead atoms. The second-order valence-corrected chi connectivity index (χ2v) is 4.66. The molecule has 0 unspecified atom stereocenters. The Hall–Kier alpha value is -2.14. The molecule has 0 spiro atoms. The van der Waals surface area contributed by atoms with Gasteiger partial charge in [0.05, 0.1) is 0 Å². The summed E-state index contributed by atoms with van der Waals surface area (Å²) in [7, 11) is 1.64. The van der Waals surface area contributed by atoms with Crippen molar-refractivity contribution in [2.75, 3.05) is 26.0 Å². The quantitative estimate of drug-likeness (QED) is 0.644. The number of hydrogen-bond acceptors (Lipinski definition) is 4. The van der Waals surface area contributed by atoms with Gasteiger partial charge in [-0.3, -0.25) is 9.78 Å². The summed E-state index contributed by atoms with van der Waals surface area (Å²) in [4.78, 5) is 16.4. The molecule has 5 heteroatoms. The first kappa shape index (κ1) is 14.3. The Morgan fingerprint density at radius 1 is 1.40 bits per heavy atom. The highest BCUT2D eigenvalue weighted by Gasteiger charge is 2.14. The fourth-order valence-electron chi connectivity index (χ4n) is 2.16. The van der Waals surface area contributed by atoms with Crippen LogP contribution in [0.3, 0.4) is 0 Å². The van der Waals surface area contributed by atoms with Gasteiger partial charge >= 0.3 is 0 Å². The summed E-state index contributed by atoms with van der Waals surface area (Å²) in [5.41, 5.74) is 8.02. The molecule has 0 saturated carbocycles. The lowest BCUT2D eigenvalue weighted by molar-refractivity contribution is 0.0945. The number of carbonyl (C=O) groups is 1. The van der Waals surface area contributed by atoms with E-state index in [4.69, 9.17) is 10.5 Å². The number of aromatic nitrogens is 1.